The van der Waals surface area contributed by atoms with Crippen LogP contribution < -0.4 is 0 Å². The zero-order valence-corrected chi connectivity index (χ0v) is 20.2. The van der Waals surface area contributed by atoms with E-state index >= 15 is 0 Å². The van der Waals surface area contributed by atoms with Gasteiger partial charge in [-0.1, -0.05) is 6.07 Å². The summed E-state index contributed by atoms with van der Waals surface area (Å²) in [5.41, 5.74) is 2.87. The van der Waals surface area contributed by atoms with E-state index in [2.05, 4.69) is 27.1 Å². The third kappa shape index (κ3) is 8.43. The number of carbonyl (C=O) groups excluding carboxylic acids is 1. The lowest BCUT2D eigenvalue weighted by atomic mass is 10.1. The Hall–Kier alpha value is -3.69. The molecule has 2 aliphatic rings. The molecule has 2 atom stereocenters. The van der Waals surface area contributed by atoms with Crippen LogP contribution >= 0.6 is 0 Å². The van der Waals surface area contributed by atoms with Crippen molar-refractivity contribution < 1.29 is 50.9 Å². The molecule has 210 valence electrons. The van der Waals surface area contributed by atoms with Gasteiger partial charge in [0.15, 0.2) is 0 Å². The minimum Gasteiger partial charge on any atom is -0.475 e. The number of aromatic nitrogens is 3. The van der Waals surface area contributed by atoms with Crippen LogP contribution in [0.2, 0.25) is 0 Å². The van der Waals surface area contributed by atoms with E-state index in [9.17, 15) is 31.1 Å². The fraction of sp³-hybridized carbons (Fsp3) is 0.500. The van der Waals surface area contributed by atoms with Crippen LogP contribution in [0.5, 0.6) is 0 Å². The van der Waals surface area contributed by atoms with Crippen LogP contribution in [-0.4, -0.2) is 90.1 Å². The highest BCUT2D eigenvalue weighted by Crippen LogP contribution is 2.33. The molecule has 38 heavy (non-hydrogen) atoms. The molecule has 2 aliphatic heterocycles. The lowest BCUT2D eigenvalue weighted by molar-refractivity contribution is -0.193. The number of pyridine rings is 1. The maximum absolute atomic E-state index is 12.8. The van der Waals surface area contributed by atoms with Crippen LogP contribution in [0, 0.1) is 6.92 Å². The van der Waals surface area contributed by atoms with Crippen LogP contribution in [0.4, 0.5) is 26.3 Å². The van der Waals surface area contributed by atoms with Gasteiger partial charge in [0.2, 0.25) is 0 Å². The largest absolute Gasteiger partial charge is 0.490 e. The number of carboxylic acid groups (broad SMARTS) is 2. The Morgan fingerprint density at radius 3 is 2.00 bits per heavy atom. The number of alkyl halides is 6. The molecule has 2 aromatic heterocycles. The van der Waals surface area contributed by atoms with Gasteiger partial charge in [-0.25, -0.2) is 9.59 Å². The number of aryl methyl sites for hydroxylation is 2. The third-order valence-corrected chi connectivity index (χ3v) is 5.70. The normalized spacial score (nSPS) is 19.1. The number of fused-ring (bicyclic) bond motifs is 1. The van der Waals surface area contributed by atoms with Gasteiger partial charge in [-0.3, -0.25) is 19.4 Å². The second-order valence-electron chi connectivity index (χ2n) is 8.46. The Balaban J connectivity index is 0.000000301. The SMILES string of the molecule is Cc1cccc(CN2CC[C@H]3[C@H]2CCN3C(=O)c2cnn(C)c2)n1.O=C(O)C(F)(F)F.O=C(O)C(F)(F)F. The van der Waals surface area contributed by atoms with Crippen molar-refractivity contribution in [1.29, 1.82) is 0 Å². The molecule has 0 saturated carbocycles. The van der Waals surface area contributed by atoms with Crippen LogP contribution in [-0.2, 0) is 23.2 Å². The van der Waals surface area contributed by atoms with Crippen LogP contribution in [0.15, 0.2) is 30.6 Å². The molecule has 16 heteroatoms. The molecule has 0 aliphatic carbocycles. The topological polar surface area (TPSA) is 129 Å². The van der Waals surface area contributed by atoms with Crippen LogP contribution in [0.25, 0.3) is 0 Å². The zero-order valence-electron chi connectivity index (χ0n) is 20.2. The Kier molecular flexibility index (Phi) is 9.83. The summed E-state index contributed by atoms with van der Waals surface area (Å²) < 4.78 is 65.2. The summed E-state index contributed by atoms with van der Waals surface area (Å²) >= 11 is 0. The lowest BCUT2D eigenvalue weighted by Crippen LogP contribution is -2.39. The van der Waals surface area contributed by atoms with E-state index in [1.54, 1.807) is 17.1 Å². The molecule has 1 amide bonds. The second kappa shape index (κ2) is 12.2. The summed E-state index contributed by atoms with van der Waals surface area (Å²) in [5, 5.41) is 18.4. The summed E-state index contributed by atoms with van der Waals surface area (Å²) in [6, 6.07) is 6.96. The molecule has 0 unspecified atom stereocenters. The van der Waals surface area contributed by atoms with E-state index in [-0.39, 0.29) is 5.91 Å². The van der Waals surface area contributed by atoms with Crippen LogP contribution in [0.1, 0.15) is 34.6 Å². The minimum absolute atomic E-state index is 0.117. The number of halogens is 6. The van der Waals surface area contributed by atoms with E-state index in [1.807, 2.05) is 24.9 Å². The number of carbonyl (C=O) groups is 3. The fourth-order valence-corrected chi connectivity index (χ4v) is 4.12. The van der Waals surface area contributed by atoms with Gasteiger partial charge in [0.25, 0.3) is 5.91 Å². The van der Waals surface area contributed by atoms with Crippen molar-refractivity contribution in [3.63, 3.8) is 0 Å². The first-order valence-electron chi connectivity index (χ1n) is 11.1. The molecule has 0 aromatic carbocycles. The van der Waals surface area contributed by atoms with Crippen molar-refractivity contribution in [1.82, 2.24) is 24.6 Å². The average Bonchev–Trinajstić information content (AvgIpc) is 3.51. The number of aliphatic carboxylic acids is 2. The molecular formula is C22H25F6N5O5. The molecular weight excluding hydrogens is 528 g/mol. The first kappa shape index (κ1) is 30.5. The second-order valence-corrected chi connectivity index (χ2v) is 8.46. The highest BCUT2D eigenvalue weighted by molar-refractivity contribution is 5.94. The lowest BCUT2D eigenvalue weighted by Gasteiger charge is -2.25. The molecule has 4 heterocycles. The number of likely N-dealkylation sites (tertiary alicyclic amines) is 2. The van der Waals surface area contributed by atoms with Gasteiger partial charge in [0.1, 0.15) is 0 Å². The smallest absolute Gasteiger partial charge is 0.475 e. The number of nitrogens with zero attached hydrogens (tertiary/aromatic N) is 5. The molecule has 2 aromatic rings. The van der Waals surface area contributed by atoms with Gasteiger partial charge in [-0.15, -0.1) is 0 Å². The summed E-state index contributed by atoms with van der Waals surface area (Å²) in [6.45, 7) is 4.76. The highest BCUT2D eigenvalue weighted by atomic mass is 19.4. The van der Waals surface area contributed by atoms with E-state index < -0.39 is 24.3 Å². The van der Waals surface area contributed by atoms with E-state index in [0.717, 1.165) is 43.9 Å². The zero-order chi connectivity index (χ0) is 28.8. The summed E-state index contributed by atoms with van der Waals surface area (Å²) in [5.74, 6) is -5.40. The fourth-order valence-electron chi connectivity index (χ4n) is 4.12. The molecule has 0 bridgehead atoms. The number of carboxylic acids is 2. The van der Waals surface area contributed by atoms with Crippen molar-refractivity contribution in [2.75, 3.05) is 13.1 Å². The van der Waals surface area contributed by atoms with Crippen molar-refractivity contribution in [3.05, 3.63) is 47.5 Å². The maximum Gasteiger partial charge on any atom is 0.490 e. The van der Waals surface area contributed by atoms with Gasteiger partial charge in [-0.05, 0) is 31.9 Å². The molecule has 4 rings (SSSR count). The number of amides is 1. The van der Waals surface area contributed by atoms with Crippen molar-refractivity contribution in [2.24, 2.45) is 7.05 Å². The molecule has 2 fully saturated rings. The van der Waals surface area contributed by atoms with Crippen molar-refractivity contribution >= 4 is 17.8 Å². The van der Waals surface area contributed by atoms with E-state index in [1.165, 1.54) is 0 Å². The van der Waals surface area contributed by atoms with Gasteiger partial charge >= 0.3 is 24.3 Å². The number of rotatable bonds is 3. The third-order valence-electron chi connectivity index (χ3n) is 5.70. The molecule has 10 nitrogen and oxygen atoms in total. The minimum atomic E-state index is -5.08. The van der Waals surface area contributed by atoms with Crippen molar-refractivity contribution in [3.8, 4) is 0 Å². The Morgan fingerprint density at radius 2 is 1.53 bits per heavy atom. The van der Waals surface area contributed by atoms with Crippen LogP contribution in [0.3, 0.4) is 0 Å². The van der Waals surface area contributed by atoms with E-state index in [4.69, 9.17) is 19.8 Å². The predicted molar refractivity (Wildman–Crippen MR) is 118 cm³/mol. The quantitative estimate of drug-likeness (QED) is 0.556. The Morgan fingerprint density at radius 1 is 0.974 bits per heavy atom. The van der Waals surface area contributed by atoms with E-state index in [0.29, 0.717) is 17.6 Å². The number of hydrogen-bond acceptors (Lipinski definition) is 6. The van der Waals surface area contributed by atoms with Gasteiger partial charge < -0.3 is 15.1 Å². The summed E-state index contributed by atoms with van der Waals surface area (Å²) in [6.07, 6.45) is -4.61. The van der Waals surface area contributed by atoms with Crippen molar-refractivity contribution in [2.45, 2.75) is 50.7 Å². The average molecular weight is 553 g/mol. The highest BCUT2D eigenvalue weighted by Gasteiger charge is 2.44. The molecule has 0 radical (unpaired) electrons. The Labute approximate surface area is 212 Å². The summed E-state index contributed by atoms with van der Waals surface area (Å²) in [4.78, 5) is 39.7. The van der Waals surface area contributed by atoms with Gasteiger partial charge in [0.05, 0.1) is 17.5 Å². The molecule has 0 spiro atoms. The first-order chi connectivity index (χ1) is 17.5. The summed E-state index contributed by atoms with van der Waals surface area (Å²) in [7, 11) is 1.84. The Bertz CT molecular complexity index is 1110. The standard InChI is InChI=1S/C18H23N5O.2C2HF3O2/c1-13-4-3-5-15(20-13)12-22-8-6-17-16(22)7-9-23(17)18(24)14-10-19-21(2)11-14;2*3-2(4,5)1(6)7/h3-5,10-11,16-17H,6-9,12H2,1-2H3;2*(H,6,7)/t16-,17+;;/m1../s1. The van der Waals surface area contributed by atoms with Gasteiger partial charge in [-0.2, -0.15) is 31.4 Å². The first-order valence-corrected chi connectivity index (χ1v) is 11.1. The number of hydrogen-bond donors (Lipinski definition) is 2. The molecule has 2 N–H and O–H groups in total. The monoisotopic (exact) mass is 553 g/mol. The van der Waals surface area contributed by atoms with Gasteiger partial charge in [0, 0.05) is 50.7 Å². The molecule has 2 saturated heterocycles. The predicted octanol–water partition coefficient (Wildman–Crippen LogP) is 2.88. The maximum atomic E-state index is 12.8.